The molecule has 2 unspecified atom stereocenters. The highest BCUT2D eigenvalue weighted by molar-refractivity contribution is 5.76. The highest BCUT2D eigenvalue weighted by Crippen LogP contribution is 2.02. The standard InChI is InChI=1S/C12H20N2O3/c1-4-7-10(8-11(15)16)14-12(17)13-9(5-2)6-3/h2,9-10H,4,6-8H2,1,3H3,(H,15,16)(H2,13,14,17). The van der Waals surface area contributed by atoms with Gasteiger partial charge in [0, 0.05) is 6.04 Å². The van der Waals surface area contributed by atoms with Crippen LogP contribution >= 0.6 is 0 Å². The van der Waals surface area contributed by atoms with Gasteiger partial charge in [0.2, 0.25) is 0 Å². The molecule has 0 heterocycles. The summed E-state index contributed by atoms with van der Waals surface area (Å²) in [5, 5.41) is 13.9. The number of carboxylic acid groups (broad SMARTS) is 1. The second-order valence-corrected chi connectivity index (χ2v) is 3.83. The molecule has 0 aliphatic rings. The van der Waals surface area contributed by atoms with E-state index in [0.717, 1.165) is 6.42 Å². The van der Waals surface area contributed by atoms with Gasteiger partial charge in [0.15, 0.2) is 0 Å². The van der Waals surface area contributed by atoms with Gasteiger partial charge in [-0.3, -0.25) is 4.79 Å². The first-order valence-electron chi connectivity index (χ1n) is 5.78. The number of hydrogen-bond donors (Lipinski definition) is 3. The lowest BCUT2D eigenvalue weighted by Gasteiger charge is -2.18. The van der Waals surface area contributed by atoms with Crippen LogP contribution in [0, 0.1) is 12.3 Å². The Morgan fingerprint density at radius 3 is 2.41 bits per heavy atom. The third-order valence-corrected chi connectivity index (χ3v) is 2.31. The molecule has 0 bridgehead atoms. The van der Waals surface area contributed by atoms with Crippen LogP contribution in [-0.4, -0.2) is 29.2 Å². The molecule has 2 amide bonds. The quantitative estimate of drug-likeness (QED) is 0.588. The van der Waals surface area contributed by atoms with Crippen molar-refractivity contribution in [3.8, 4) is 12.3 Å². The second kappa shape index (κ2) is 8.45. The Hall–Kier alpha value is -1.70. The molecule has 0 aromatic heterocycles. The average molecular weight is 240 g/mol. The number of carbonyl (C=O) groups excluding carboxylic acids is 1. The van der Waals surface area contributed by atoms with Crippen molar-refractivity contribution in [2.24, 2.45) is 0 Å². The Bertz CT molecular complexity index is 297. The van der Waals surface area contributed by atoms with E-state index in [9.17, 15) is 9.59 Å². The summed E-state index contributed by atoms with van der Waals surface area (Å²) in [5.74, 6) is 1.52. The lowest BCUT2D eigenvalue weighted by Crippen LogP contribution is -2.46. The van der Waals surface area contributed by atoms with E-state index in [4.69, 9.17) is 11.5 Å². The summed E-state index contributed by atoms with van der Waals surface area (Å²) in [7, 11) is 0. The second-order valence-electron chi connectivity index (χ2n) is 3.83. The van der Waals surface area contributed by atoms with E-state index >= 15 is 0 Å². The molecule has 0 aliphatic carbocycles. The van der Waals surface area contributed by atoms with Gasteiger partial charge in [-0.05, 0) is 12.8 Å². The van der Waals surface area contributed by atoms with Gasteiger partial charge in [0.05, 0.1) is 12.5 Å². The number of aliphatic carboxylic acids is 1. The molecule has 0 radical (unpaired) electrons. The van der Waals surface area contributed by atoms with Crippen molar-refractivity contribution < 1.29 is 14.7 Å². The highest BCUT2D eigenvalue weighted by atomic mass is 16.4. The summed E-state index contributed by atoms with van der Waals surface area (Å²) in [6.45, 7) is 3.80. The molecule has 5 heteroatoms. The van der Waals surface area contributed by atoms with Crippen LogP contribution in [0.3, 0.4) is 0 Å². The Morgan fingerprint density at radius 1 is 1.35 bits per heavy atom. The van der Waals surface area contributed by atoms with E-state index in [2.05, 4.69) is 16.6 Å². The smallest absolute Gasteiger partial charge is 0.315 e. The molecule has 0 spiro atoms. The lowest BCUT2D eigenvalue weighted by molar-refractivity contribution is -0.137. The molecule has 0 fully saturated rings. The summed E-state index contributed by atoms with van der Waals surface area (Å²) < 4.78 is 0. The maximum Gasteiger partial charge on any atom is 0.315 e. The van der Waals surface area contributed by atoms with Crippen LogP contribution in [-0.2, 0) is 4.79 Å². The number of carbonyl (C=O) groups is 2. The molecule has 5 nitrogen and oxygen atoms in total. The van der Waals surface area contributed by atoms with Crippen LogP contribution in [0.4, 0.5) is 4.79 Å². The van der Waals surface area contributed by atoms with Crippen molar-refractivity contribution >= 4 is 12.0 Å². The summed E-state index contributed by atoms with van der Waals surface area (Å²) >= 11 is 0. The maximum absolute atomic E-state index is 11.5. The SMILES string of the molecule is C#CC(CC)NC(=O)NC(CCC)CC(=O)O. The van der Waals surface area contributed by atoms with Crippen molar-refractivity contribution in [2.75, 3.05) is 0 Å². The fraction of sp³-hybridized carbons (Fsp3) is 0.667. The van der Waals surface area contributed by atoms with Gasteiger partial charge in [-0.1, -0.05) is 26.2 Å². The first kappa shape index (κ1) is 15.3. The Kier molecular flexibility index (Phi) is 7.61. The van der Waals surface area contributed by atoms with Gasteiger partial charge >= 0.3 is 12.0 Å². The minimum Gasteiger partial charge on any atom is -0.481 e. The molecular formula is C12H20N2O3. The van der Waals surface area contributed by atoms with E-state index in [1.165, 1.54) is 0 Å². The fourth-order valence-electron chi connectivity index (χ4n) is 1.43. The zero-order valence-corrected chi connectivity index (χ0v) is 10.3. The zero-order chi connectivity index (χ0) is 13.3. The molecule has 0 saturated carbocycles. The van der Waals surface area contributed by atoms with Gasteiger partial charge in [0.25, 0.3) is 0 Å². The van der Waals surface area contributed by atoms with Crippen molar-refractivity contribution in [3.05, 3.63) is 0 Å². The minimum atomic E-state index is -0.923. The number of nitrogens with one attached hydrogen (secondary N) is 2. The van der Waals surface area contributed by atoms with E-state index < -0.39 is 12.0 Å². The number of amides is 2. The lowest BCUT2D eigenvalue weighted by atomic mass is 10.1. The summed E-state index contributed by atoms with van der Waals surface area (Å²) in [5.41, 5.74) is 0. The van der Waals surface area contributed by atoms with E-state index in [0.29, 0.717) is 12.8 Å². The van der Waals surface area contributed by atoms with Gasteiger partial charge in [-0.2, -0.15) is 0 Å². The molecule has 2 atom stereocenters. The zero-order valence-electron chi connectivity index (χ0n) is 10.3. The van der Waals surface area contributed by atoms with Gasteiger partial charge in [-0.25, -0.2) is 4.79 Å². The van der Waals surface area contributed by atoms with Gasteiger partial charge in [-0.15, -0.1) is 6.42 Å². The van der Waals surface area contributed by atoms with Crippen molar-refractivity contribution in [3.63, 3.8) is 0 Å². The first-order chi connectivity index (χ1) is 8.03. The first-order valence-corrected chi connectivity index (χ1v) is 5.78. The summed E-state index contributed by atoms with van der Waals surface area (Å²) in [6.07, 6.45) is 7.22. The van der Waals surface area contributed by atoms with Crippen LogP contribution in [0.1, 0.15) is 39.5 Å². The minimum absolute atomic E-state index is 0.0753. The Labute approximate surface area is 102 Å². The monoisotopic (exact) mass is 240 g/mol. The molecule has 0 saturated heterocycles. The molecule has 0 rings (SSSR count). The molecule has 0 aromatic carbocycles. The van der Waals surface area contributed by atoms with E-state index in [1.807, 2.05) is 13.8 Å². The number of terminal acetylenes is 1. The number of rotatable bonds is 7. The molecule has 17 heavy (non-hydrogen) atoms. The van der Waals surface area contributed by atoms with Crippen LogP contribution in [0.5, 0.6) is 0 Å². The molecule has 96 valence electrons. The van der Waals surface area contributed by atoms with Crippen molar-refractivity contribution in [1.82, 2.24) is 10.6 Å². The van der Waals surface area contributed by atoms with E-state index in [-0.39, 0.29) is 18.5 Å². The third-order valence-electron chi connectivity index (χ3n) is 2.31. The van der Waals surface area contributed by atoms with Crippen LogP contribution in [0.25, 0.3) is 0 Å². The molecule has 0 aliphatic heterocycles. The number of carboxylic acids is 1. The van der Waals surface area contributed by atoms with Gasteiger partial charge in [0.1, 0.15) is 0 Å². The summed E-state index contributed by atoms with van der Waals surface area (Å²) in [6, 6.07) is -1.08. The van der Waals surface area contributed by atoms with Crippen molar-refractivity contribution in [2.45, 2.75) is 51.6 Å². The van der Waals surface area contributed by atoms with Crippen molar-refractivity contribution in [1.29, 1.82) is 0 Å². The third kappa shape index (κ3) is 7.23. The number of urea groups is 1. The van der Waals surface area contributed by atoms with Gasteiger partial charge < -0.3 is 15.7 Å². The van der Waals surface area contributed by atoms with Crippen LogP contribution in [0.15, 0.2) is 0 Å². The van der Waals surface area contributed by atoms with E-state index in [1.54, 1.807) is 0 Å². The molecule has 0 aromatic rings. The predicted molar refractivity (Wildman–Crippen MR) is 65.5 cm³/mol. The normalized spacial score (nSPS) is 13.2. The van der Waals surface area contributed by atoms with Crippen LogP contribution in [0.2, 0.25) is 0 Å². The topological polar surface area (TPSA) is 78.4 Å². The Morgan fingerprint density at radius 2 is 2.00 bits per heavy atom. The van der Waals surface area contributed by atoms with Crippen LogP contribution < -0.4 is 10.6 Å². The molecular weight excluding hydrogens is 220 g/mol. The molecule has 3 N–H and O–H groups in total. The largest absolute Gasteiger partial charge is 0.481 e. The maximum atomic E-state index is 11.5. The Balaban J connectivity index is 4.20. The average Bonchev–Trinajstić information content (AvgIpc) is 2.25. The number of hydrogen-bond acceptors (Lipinski definition) is 2. The fourth-order valence-corrected chi connectivity index (χ4v) is 1.43. The highest BCUT2D eigenvalue weighted by Gasteiger charge is 2.16. The summed E-state index contributed by atoms with van der Waals surface area (Å²) in [4.78, 5) is 22.1. The predicted octanol–water partition coefficient (Wildman–Crippen LogP) is 1.34.